The van der Waals surface area contributed by atoms with E-state index in [1.165, 1.54) is 12.1 Å². The number of H-pyrrole nitrogens is 1. The van der Waals surface area contributed by atoms with E-state index in [1.54, 1.807) is 24.4 Å². The number of aromatic nitrogens is 1. The van der Waals surface area contributed by atoms with E-state index in [0.717, 1.165) is 0 Å². The third kappa shape index (κ3) is 3.36. The Morgan fingerprint density at radius 2 is 2.00 bits per heavy atom. The van der Waals surface area contributed by atoms with Gasteiger partial charge in [-0.15, -0.1) is 0 Å². The molecule has 19 heavy (non-hydrogen) atoms. The van der Waals surface area contributed by atoms with Crippen molar-refractivity contribution < 1.29 is 14.3 Å². The summed E-state index contributed by atoms with van der Waals surface area (Å²) < 4.78 is 4.90. The maximum Gasteiger partial charge on any atom is 0.340 e. The fourth-order valence-electron chi connectivity index (χ4n) is 1.44. The van der Waals surface area contributed by atoms with Gasteiger partial charge in [0.2, 0.25) is 5.78 Å². The Kier molecular flexibility index (Phi) is 4.24. The van der Waals surface area contributed by atoms with E-state index >= 15 is 0 Å². The molecule has 0 atom stereocenters. The lowest BCUT2D eigenvalue weighted by atomic mass is 10.2. The lowest BCUT2D eigenvalue weighted by molar-refractivity contribution is 0.0474. The van der Waals surface area contributed by atoms with E-state index in [-0.39, 0.29) is 23.0 Å². The second-order valence-electron chi connectivity index (χ2n) is 3.71. The second kappa shape index (κ2) is 5.91. The molecule has 0 amide bonds. The highest BCUT2D eigenvalue weighted by Gasteiger charge is 2.15. The van der Waals surface area contributed by atoms with Crippen LogP contribution in [0.5, 0.6) is 0 Å². The van der Waals surface area contributed by atoms with Crippen LogP contribution < -0.4 is 0 Å². The van der Waals surface area contributed by atoms with Crippen molar-refractivity contribution in [3.05, 3.63) is 57.8 Å². The zero-order valence-electron chi connectivity index (χ0n) is 9.65. The lowest BCUT2D eigenvalue weighted by Crippen LogP contribution is -2.14. The Bertz CT molecular complexity index is 608. The molecule has 1 aromatic heterocycles. The highest BCUT2D eigenvalue weighted by molar-refractivity contribution is 6.35. The number of aromatic amines is 1. The zero-order chi connectivity index (χ0) is 13.8. The van der Waals surface area contributed by atoms with Gasteiger partial charge in [-0.2, -0.15) is 0 Å². The Balaban J connectivity index is 2.02. The van der Waals surface area contributed by atoms with Gasteiger partial charge in [0.15, 0.2) is 6.61 Å². The SMILES string of the molecule is O=C(COC(=O)c1cc(Cl)ccc1Cl)c1ccc[nH]1. The number of carbonyl (C=O) groups excluding carboxylic acids is 2. The topological polar surface area (TPSA) is 59.2 Å². The number of hydrogen-bond donors (Lipinski definition) is 1. The number of rotatable bonds is 4. The number of ketones is 1. The molecule has 0 fully saturated rings. The standard InChI is InChI=1S/C13H9Cl2NO3/c14-8-3-4-10(15)9(6-8)13(18)19-7-12(17)11-2-1-5-16-11/h1-6,16H,7H2. The number of hydrogen-bond acceptors (Lipinski definition) is 3. The Labute approximate surface area is 119 Å². The van der Waals surface area contributed by atoms with Gasteiger partial charge < -0.3 is 9.72 Å². The molecule has 0 aliphatic heterocycles. The molecule has 1 aromatic carbocycles. The van der Waals surface area contributed by atoms with Crippen LogP contribution in [0.1, 0.15) is 20.8 Å². The van der Waals surface area contributed by atoms with Gasteiger partial charge in [-0.1, -0.05) is 23.2 Å². The van der Waals surface area contributed by atoms with Crippen molar-refractivity contribution in [2.45, 2.75) is 0 Å². The zero-order valence-corrected chi connectivity index (χ0v) is 11.2. The van der Waals surface area contributed by atoms with Crippen LogP contribution >= 0.6 is 23.2 Å². The van der Waals surface area contributed by atoms with E-state index in [9.17, 15) is 9.59 Å². The minimum atomic E-state index is -0.688. The average Bonchev–Trinajstić information content (AvgIpc) is 2.92. The lowest BCUT2D eigenvalue weighted by Gasteiger charge is -2.05. The third-order valence-electron chi connectivity index (χ3n) is 2.38. The van der Waals surface area contributed by atoms with E-state index < -0.39 is 5.97 Å². The maximum atomic E-state index is 11.8. The predicted molar refractivity (Wildman–Crippen MR) is 71.9 cm³/mol. The van der Waals surface area contributed by atoms with Crippen molar-refractivity contribution in [1.82, 2.24) is 4.98 Å². The number of halogens is 2. The van der Waals surface area contributed by atoms with Gasteiger partial charge >= 0.3 is 5.97 Å². The van der Waals surface area contributed by atoms with Crippen LogP contribution in [0, 0.1) is 0 Å². The first-order valence-corrected chi connectivity index (χ1v) is 6.12. The van der Waals surface area contributed by atoms with Crippen LogP contribution in [0.15, 0.2) is 36.5 Å². The number of benzene rings is 1. The molecule has 0 spiro atoms. The van der Waals surface area contributed by atoms with Gasteiger partial charge in [-0.05, 0) is 30.3 Å². The fraction of sp³-hybridized carbons (Fsp3) is 0.0769. The molecular formula is C13H9Cl2NO3. The molecular weight excluding hydrogens is 289 g/mol. The van der Waals surface area contributed by atoms with Crippen LogP contribution in [0.2, 0.25) is 10.0 Å². The van der Waals surface area contributed by atoms with Crippen molar-refractivity contribution in [2.75, 3.05) is 6.61 Å². The Morgan fingerprint density at radius 3 is 2.68 bits per heavy atom. The van der Waals surface area contributed by atoms with Gasteiger partial charge in [-0.3, -0.25) is 4.79 Å². The van der Waals surface area contributed by atoms with E-state index in [0.29, 0.717) is 10.7 Å². The number of esters is 1. The monoisotopic (exact) mass is 297 g/mol. The van der Waals surface area contributed by atoms with Crippen LogP contribution in [0.25, 0.3) is 0 Å². The largest absolute Gasteiger partial charge is 0.454 e. The number of carbonyl (C=O) groups is 2. The van der Waals surface area contributed by atoms with Crippen molar-refractivity contribution in [2.24, 2.45) is 0 Å². The van der Waals surface area contributed by atoms with Crippen molar-refractivity contribution in [3.8, 4) is 0 Å². The molecule has 0 aliphatic rings. The Hall–Kier alpha value is -1.78. The average molecular weight is 298 g/mol. The quantitative estimate of drug-likeness (QED) is 0.695. The maximum absolute atomic E-state index is 11.8. The Morgan fingerprint density at radius 1 is 1.21 bits per heavy atom. The normalized spacial score (nSPS) is 10.2. The smallest absolute Gasteiger partial charge is 0.340 e. The summed E-state index contributed by atoms with van der Waals surface area (Å²) in [6, 6.07) is 7.73. The third-order valence-corrected chi connectivity index (χ3v) is 2.95. The molecule has 6 heteroatoms. The van der Waals surface area contributed by atoms with E-state index in [2.05, 4.69) is 4.98 Å². The number of nitrogens with one attached hydrogen (secondary N) is 1. The molecule has 2 aromatic rings. The highest BCUT2D eigenvalue weighted by atomic mass is 35.5. The molecule has 1 N–H and O–H groups in total. The predicted octanol–water partition coefficient (Wildman–Crippen LogP) is 3.36. The first-order chi connectivity index (χ1) is 9.08. The summed E-state index contributed by atoms with van der Waals surface area (Å²) >= 11 is 11.6. The fourth-order valence-corrected chi connectivity index (χ4v) is 1.81. The highest BCUT2D eigenvalue weighted by Crippen LogP contribution is 2.21. The number of ether oxygens (including phenoxy) is 1. The molecule has 1 heterocycles. The summed E-state index contributed by atoms with van der Waals surface area (Å²) in [4.78, 5) is 26.1. The van der Waals surface area contributed by atoms with Gasteiger partial charge in [-0.25, -0.2) is 4.79 Å². The van der Waals surface area contributed by atoms with Crippen LogP contribution in [-0.2, 0) is 4.74 Å². The minimum absolute atomic E-state index is 0.133. The van der Waals surface area contributed by atoms with Crippen LogP contribution in [0.4, 0.5) is 0 Å². The first-order valence-electron chi connectivity index (χ1n) is 5.36. The van der Waals surface area contributed by atoms with Gasteiger partial charge in [0.05, 0.1) is 16.3 Å². The minimum Gasteiger partial charge on any atom is -0.454 e. The van der Waals surface area contributed by atoms with Crippen molar-refractivity contribution in [3.63, 3.8) is 0 Å². The van der Waals surface area contributed by atoms with Crippen molar-refractivity contribution >= 4 is 35.0 Å². The molecule has 0 aliphatic carbocycles. The van der Waals surface area contributed by atoms with Crippen LogP contribution in [0.3, 0.4) is 0 Å². The molecule has 4 nitrogen and oxygen atoms in total. The van der Waals surface area contributed by atoms with E-state index in [4.69, 9.17) is 27.9 Å². The summed E-state index contributed by atoms with van der Waals surface area (Å²) in [5.41, 5.74) is 0.512. The molecule has 98 valence electrons. The van der Waals surface area contributed by atoms with Gasteiger partial charge in [0, 0.05) is 11.2 Å². The van der Waals surface area contributed by atoms with Crippen molar-refractivity contribution in [1.29, 1.82) is 0 Å². The summed E-state index contributed by atoms with van der Waals surface area (Å²) in [5, 5.41) is 0.591. The summed E-state index contributed by atoms with van der Waals surface area (Å²) in [5.74, 6) is -1.01. The molecule has 0 saturated carbocycles. The summed E-state index contributed by atoms with van der Waals surface area (Å²) in [6.07, 6.45) is 1.61. The molecule has 0 unspecified atom stereocenters. The summed E-state index contributed by atoms with van der Waals surface area (Å²) in [7, 11) is 0. The van der Waals surface area contributed by atoms with Gasteiger partial charge in [0.25, 0.3) is 0 Å². The molecule has 0 bridgehead atoms. The molecule has 2 rings (SSSR count). The molecule has 0 radical (unpaired) electrons. The molecule has 0 saturated heterocycles. The van der Waals surface area contributed by atoms with Crippen LogP contribution in [-0.4, -0.2) is 23.3 Å². The first kappa shape index (κ1) is 13.6. The van der Waals surface area contributed by atoms with E-state index in [1.807, 2.05) is 0 Å². The van der Waals surface area contributed by atoms with Gasteiger partial charge in [0.1, 0.15) is 0 Å². The number of Topliss-reactive ketones (excluding diaryl/α,β-unsaturated/α-hetero) is 1. The second-order valence-corrected chi connectivity index (χ2v) is 4.55. The summed E-state index contributed by atoms with van der Waals surface area (Å²) in [6.45, 7) is -0.359.